The van der Waals surface area contributed by atoms with Gasteiger partial charge in [-0.3, -0.25) is 23.4 Å². The number of hydrogen-bond acceptors (Lipinski definition) is 9. The van der Waals surface area contributed by atoms with Crippen LogP contribution >= 0.6 is 7.82 Å². The maximum Gasteiger partial charge on any atom is 0.472 e. The smallest absolute Gasteiger partial charge is 0.472 e. The third-order valence-corrected chi connectivity index (χ3v) is 9.00. The van der Waals surface area contributed by atoms with E-state index in [1.54, 1.807) is 0 Å². The molecule has 0 aliphatic carbocycles. The first-order chi connectivity index (χ1) is 25.1. The van der Waals surface area contributed by atoms with Gasteiger partial charge in [-0.05, 0) is 77.0 Å². The highest BCUT2D eigenvalue weighted by molar-refractivity contribution is 7.47. The lowest BCUT2D eigenvalue weighted by atomic mass is 10.1. The zero-order valence-electron chi connectivity index (χ0n) is 32.1. The number of esters is 2. The molecule has 0 aliphatic rings. The molecule has 0 saturated carbocycles. The minimum Gasteiger partial charge on any atom is -0.480 e. The molecule has 0 fully saturated rings. The number of carbonyl (C=O) groups is 3. The van der Waals surface area contributed by atoms with Crippen molar-refractivity contribution in [2.75, 3.05) is 19.8 Å². The number of rotatable bonds is 36. The molecule has 0 radical (unpaired) electrons. The number of aliphatic carboxylic acids is 1. The summed E-state index contributed by atoms with van der Waals surface area (Å²) in [5.41, 5.74) is 5.31. The second-order valence-corrected chi connectivity index (χ2v) is 14.5. The highest BCUT2D eigenvalue weighted by Gasteiger charge is 2.28. The summed E-state index contributed by atoms with van der Waals surface area (Å²) < 4.78 is 32.5. The maximum atomic E-state index is 12.6. The number of carbonyl (C=O) groups excluding carboxylic acids is 2. The highest BCUT2D eigenvalue weighted by Crippen LogP contribution is 2.43. The minimum absolute atomic E-state index is 0.109. The largest absolute Gasteiger partial charge is 0.480 e. The molecule has 11 nitrogen and oxygen atoms in total. The van der Waals surface area contributed by atoms with Gasteiger partial charge in [0, 0.05) is 12.8 Å². The Morgan fingerprint density at radius 3 is 1.62 bits per heavy atom. The Balaban J connectivity index is 4.53. The number of carboxylic acid groups (broad SMARTS) is 1. The topological polar surface area (TPSA) is 172 Å². The summed E-state index contributed by atoms with van der Waals surface area (Å²) in [6.45, 7) is 2.68. The second-order valence-electron chi connectivity index (χ2n) is 13.1. The van der Waals surface area contributed by atoms with E-state index in [2.05, 4.69) is 67.0 Å². The fourth-order valence-electron chi connectivity index (χ4n) is 4.89. The summed E-state index contributed by atoms with van der Waals surface area (Å²) in [6.07, 6.45) is 37.5. The Morgan fingerprint density at radius 2 is 1.02 bits per heavy atom. The molecule has 0 heterocycles. The highest BCUT2D eigenvalue weighted by atomic mass is 31.2. The second kappa shape index (κ2) is 35.5. The average Bonchev–Trinajstić information content (AvgIpc) is 3.12. The lowest BCUT2D eigenvalue weighted by molar-refractivity contribution is -0.161. The number of nitrogens with two attached hydrogens (primary N) is 1. The summed E-state index contributed by atoms with van der Waals surface area (Å²) in [5.74, 6) is -2.45. The fourth-order valence-corrected chi connectivity index (χ4v) is 5.67. The molecule has 0 saturated heterocycles. The van der Waals surface area contributed by atoms with E-state index in [1.165, 1.54) is 44.9 Å². The first kappa shape index (κ1) is 49.4. The van der Waals surface area contributed by atoms with Gasteiger partial charge in [-0.15, -0.1) is 0 Å². The van der Waals surface area contributed by atoms with E-state index in [0.717, 1.165) is 70.6 Å². The molecular weight excluding hydrogens is 685 g/mol. The first-order valence-electron chi connectivity index (χ1n) is 19.7. The Bertz CT molecular complexity index is 1070. The lowest BCUT2D eigenvalue weighted by Crippen LogP contribution is -2.34. The van der Waals surface area contributed by atoms with Gasteiger partial charge < -0.3 is 25.2 Å². The van der Waals surface area contributed by atoms with Crippen molar-refractivity contribution in [3.63, 3.8) is 0 Å². The Labute approximate surface area is 314 Å². The van der Waals surface area contributed by atoms with Crippen LogP contribution in [0.4, 0.5) is 0 Å². The van der Waals surface area contributed by atoms with Crippen LogP contribution in [-0.2, 0) is 37.5 Å². The fraction of sp³-hybridized carbons (Fsp3) is 0.725. The molecule has 0 aromatic rings. The third-order valence-electron chi connectivity index (χ3n) is 8.05. The SMILES string of the molecule is CCCCC/C=C\C/C=C\C/C=C\CCCCC(=O)O[C@H](COC(=O)CCCCCCC/C=C\CCCCCC)COP(=O)(O)OC[C@H](N)C(=O)O. The van der Waals surface area contributed by atoms with E-state index in [4.69, 9.17) is 24.8 Å². The van der Waals surface area contributed by atoms with Crippen molar-refractivity contribution in [3.05, 3.63) is 48.6 Å². The Kier molecular flexibility index (Phi) is 33.7. The van der Waals surface area contributed by atoms with E-state index < -0.39 is 51.1 Å². The number of unbranched alkanes of at least 4 members (excludes halogenated alkanes) is 14. The summed E-state index contributed by atoms with van der Waals surface area (Å²) in [4.78, 5) is 45.8. The number of allylic oxidation sites excluding steroid dienone is 8. The van der Waals surface area contributed by atoms with Crippen molar-refractivity contribution in [2.24, 2.45) is 5.73 Å². The average molecular weight is 756 g/mol. The quantitative estimate of drug-likeness (QED) is 0.0241. The van der Waals surface area contributed by atoms with Gasteiger partial charge in [-0.25, -0.2) is 4.57 Å². The zero-order valence-corrected chi connectivity index (χ0v) is 33.0. The third kappa shape index (κ3) is 34.5. The van der Waals surface area contributed by atoms with Gasteiger partial charge in [0.25, 0.3) is 0 Å². The maximum absolute atomic E-state index is 12.6. The normalized spacial score (nSPS) is 14.4. The zero-order chi connectivity index (χ0) is 38.5. The predicted molar refractivity (Wildman–Crippen MR) is 208 cm³/mol. The predicted octanol–water partition coefficient (Wildman–Crippen LogP) is 9.83. The van der Waals surface area contributed by atoms with Crippen molar-refractivity contribution in [1.29, 1.82) is 0 Å². The van der Waals surface area contributed by atoms with Crippen LogP contribution in [0.25, 0.3) is 0 Å². The van der Waals surface area contributed by atoms with Crippen molar-refractivity contribution >= 4 is 25.7 Å². The van der Waals surface area contributed by atoms with Crippen LogP contribution in [0.3, 0.4) is 0 Å². The molecule has 3 atom stereocenters. The summed E-state index contributed by atoms with van der Waals surface area (Å²) in [5, 5.41) is 8.86. The van der Waals surface area contributed by atoms with Crippen molar-refractivity contribution < 1.29 is 47.5 Å². The van der Waals surface area contributed by atoms with E-state index in [0.29, 0.717) is 12.8 Å². The molecule has 12 heteroatoms. The summed E-state index contributed by atoms with van der Waals surface area (Å²) >= 11 is 0. The van der Waals surface area contributed by atoms with Gasteiger partial charge >= 0.3 is 25.7 Å². The number of ether oxygens (including phenoxy) is 2. The number of carboxylic acids is 1. The molecule has 0 spiro atoms. The van der Waals surface area contributed by atoms with Gasteiger partial charge in [-0.1, -0.05) is 114 Å². The number of phosphoric ester groups is 1. The standard InChI is InChI=1S/C40H70NO10P/c1-3-5-7-9-11-13-15-17-18-20-22-24-26-28-30-32-39(43)51-36(34-49-52(46,47)50-35-37(41)40(44)45)33-48-38(42)31-29-27-25-23-21-19-16-14-12-10-8-6-4-2/h11,13-14,16-18,22,24,36-37H,3-10,12,15,19-21,23,25-35,41H2,1-2H3,(H,44,45)(H,46,47)/b13-11-,16-14-,18-17-,24-22-/t36-,37+/m1/s1. The monoisotopic (exact) mass is 755 g/mol. The molecule has 300 valence electrons. The van der Waals surface area contributed by atoms with E-state index in [-0.39, 0.29) is 19.4 Å². The molecular formula is C40H70NO10P. The molecule has 4 N–H and O–H groups in total. The van der Waals surface area contributed by atoms with Gasteiger partial charge in [0.05, 0.1) is 13.2 Å². The Hall–Kier alpha value is -2.56. The van der Waals surface area contributed by atoms with Crippen molar-refractivity contribution in [1.82, 2.24) is 0 Å². The van der Waals surface area contributed by atoms with Crippen LogP contribution in [0.1, 0.15) is 155 Å². The van der Waals surface area contributed by atoms with Crippen molar-refractivity contribution in [2.45, 2.75) is 167 Å². The molecule has 0 aliphatic heterocycles. The van der Waals surface area contributed by atoms with Gasteiger partial charge in [-0.2, -0.15) is 0 Å². The molecule has 0 aromatic heterocycles. The van der Waals surface area contributed by atoms with Gasteiger partial charge in [0.15, 0.2) is 6.10 Å². The molecule has 0 bridgehead atoms. The number of hydrogen-bond donors (Lipinski definition) is 3. The van der Waals surface area contributed by atoms with E-state index >= 15 is 0 Å². The summed E-state index contributed by atoms with van der Waals surface area (Å²) in [6, 6.07) is -1.53. The van der Waals surface area contributed by atoms with Crippen LogP contribution in [0, 0.1) is 0 Å². The van der Waals surface area contributed by atoms with Crippen LogP contribution in [-0.4, -0.2) is 59.9 Å². The van der Waals surface area contributed by atoms with Crippen LogP contribution < -0.4 is 5.73 Å². The van der Waals surface area contributed by atoms with E-state index in [1.807, 2.05) is 0 Å². The lowest BCUT2D eigenvalue weighted by Gasteiger charge is -2.20. The van der Waals surface area contributed by atoms with E-state index in [9.17, 15) is 23.8 Å². The minimum atomic E-state index is -4.72. The molecule has 0 rings (SSSR count). The summed E-state index contributed by atoms with van der Waals surface area (Å²) in [7, 11) is -4.72. The molecule has 0 amide bonds. The number of phosphoric acid groups is 1. The molecule has 0 aromatic carbocycles. The Morgan fingerprint density at radius 1 is 0.596 bits per heavy atom. The van der Waals surface area contributed by atoms with Crippen LogP contribution in [0.5, 0.6) is 0 Å². The van der Waals surface area contributed by atoms with Gasteiger partial charge in [0.1, 0.15) is 12.6 Å². The molecule has 1 unspecified atom stereocenters. The van der Waals surface area contributed by atoms with Crippen molar-refractivity contribution in [3.8, 4) is 0 Å². The van der Waals surface area contributed by atoms with Crippen LogP contribution in [0.2, 0.25) is 0 Å². The van der Waals surface area contributed by atoms with Gasteiger partial charge in [0.2, 0.25) is 0 Å². The first-order valence-corrected chi connectivity index (χ1v) is 21.2. The van der Waals surface area contributed by atoms with Crippen LogP contribution in [0.15, 0.2) is 48.6 Å². The molecule has 52 heavy (non-hydrogen) atoms.